The Hall–Kier alpha value is -3.80. The molecule has 3 aromatic rings. The number of hydrogen-bond donors (Lipinski definition) is 2. The number of furan rings is 1. The number of carbonyl (C=O) groups is 2. The zero-order valence-corrected chi connectivity index (χ0v) is 18.6. The van der Waals surface area contributed by atoms with E-state index in [-0.39, 0.29) is 23.5 Å². The molecule has 180 valence electrons. The van der Waals surface area contributed by atoms with Crippen LogP contribution in [0.5, 0.6) is 0 Å². The van der Waals surface area contributed by atoms with Gasteiger partial charge in [-0.15, -0.1) is 0 Å². The SMILES string of the molecule is CS(=O)(=O)N(CC(=O)Nc1ccccc1C(=O)NCc1ccco1)c1cccc(C(F)(F)F)c1. The van der Waals surface area contributed by atoms with Crippen LogP contribution < -0.4 is 14.9 Å². The molecule has 2 amide bonds. The molecule has 0 aliphatic heterocycles. The predicted molar refractivity (Wildman–Crippen MR) is 119 cm³/mol. The largest absolute Gasteiger partial charge is 0.467 e. The van der Waals surface area contributed by atoms with Crippen LogP contribution in [0.3, 0.4) is 0 Å². The number of rotatable bonds is 8. The maximum absolute atomic E-state index is 13.1. The number of nitrogens with one attached hydrogen (secondary N) is 2. The van der Waals surface area contributed by atoms with Crippen molar-refractivity contribution in [1.29, 1.82) is 0 Å². The quantitative estimate of drug-likeness (QED) is 0.496. The van der Waals surface area contributed by atoms with Gasteiger partial charge in [0.1, 0.15) is 12.3 Å². The Labute approximate surface area is 193 Å². The highest BCUT2D eigenvalue weighted by Gasteiger charge is 2.32. The summed E-state index contributed by atoms with van der Waals surface area (Å²) in [4.78, 5) is 25.2. The van der Waals surface area contributed by atoms with E-state index in [1.54, 1.807) is 24.3 Å². The maximum atomic E-state index is 13.1. The molecule has 2 aromatic carbocycles. The van der Waals surface area contributed by atoms with Crippen LogP contribution in [0.15, 0.2) is 71.3 Å². The minimum atomic E-state index is -4.69. The van der Waals surface area contributed by atoms with Gasteiger partial charge in [-0.25, -0.2) is 8.42 Å². The van der Waals surface area contributed by atoms with Crippen molar-refractivity contribution >= 4 is 33.2 Å². The normalized spacial score (nSPS) is 11.6. The van der Waals surface area contributed by atoms with Gasteiger partial charge in [-0.05, 0) is 42.5 Å². The van der Waals surface area contributed by atoms with Gasteiger partial charge in [0.15, 0.2) is 0 Å². The molecule has 0 spiro atoms. The molecule has 1 heterocycles. The van der Waals surface area contributed by atoms with Gasteiger partial charge >= 0.3 is 6.18 Å². The molecule has 0 bridgehead atoms. The molecule has 34 heavy (non-hydrogen) atoms. The molecular formula is C22H20F3N3O5S. The van der Waals surface area contributed by atoms with E-state index in [4.69, 9.17) is 4.42 Å². The van der Waals surface area contributed by atoms with E-state index < -0.39 is 40.1 Å². The zero-order valence-electron chi connectivity index (χ0n) is 17.8. The van der Waals surface area contributed by atoms with E-state index in [1.807, 2.05) is 0 Å². The lowest BCUT2D eigenvalue weighted by atomic mass is 10.1. The number of amides is 2. The highest BCUT2D eigenvalue weighted by atomic mass is 32.2. The lowest BCUT2D eigenvalue weighted by Crippen LogP contribution is -2.38. The van der Waals surface area contributed by atoms with Gasteiger partial charge in [0, 0.05) is 0 Å². The Bertz CT molecular complexity index is 1270. The summed E-state index contributed by atoms with van der Waals surface area (Å²) in [6.07, 6.45) is -2.46. The highest BCUT2D eigenvalue weighted by molar-refractivity contribution is 7.92. The predicted octanol–water partition coefficient (Wildman–Crippen LogP) is 3.63. The summed E-state index contributed by atoms with van der Waals surface area (Å²) >= 11 is 0. The fourth-order valence-electron chi connectivity index (χ4n) is 3.02. The smallest absolute Gasteiger partial charge is 0.416 e. The average Bonchev–Trinajstić information content (AvgIpc) is 3.29. The summed E-state index contributed by atoms with van der Waals surface area (Å²) in [5, 5.41) is 5.08. The van der Waals surface area contributed by atoms with Crippen molar-refractivity contribution in [3.8, 4) is 0 Å². The summed E-state index contributed by atoms with van der Waals surface area (Å²) in [6.45, 7) is -0.700. The second-order valence-electron chi connectivity index (χ2n) is 7.17. The van der Waals surface area contributed by atoms with Gasteiger partial charge in [-0.3, -0.25) is 13.9 Å². The van der Waals surface area contributed by atoms with Crippen molar-refractivity contribution < 1.29 is 35.6 Å². The molecule has 2 N–H and O–H groups in total. The number of halogens is 3. The first-order valence-corrected chi connectivity index (χ1v) is 11.6. The summed E-state index contributed by atoms with van der Waals surface area (Å²) in [7, 11) is -4.11. The van der Waals surface area contributed by atoms with Crippen molar-refractivity contribution in [1.82, 2.24) is 5.32 Å². The lowest BCUT2D eigenvalue weighted by molar-refractivity contribution is -0.137. The van der Waals surface area contributed by atoms with Crippen LogP contribution in [-0.2, 0) is 27.5 Å². The van der Waals surface area contributed by atoms with E-state index in [2.05, 4.69) is 10.6 Å². The van der Waals surface area contributed by atoms with Gasteiger partial charge in [0.05, 0.1) is 41.6 Å². The third-order valence-electron chi connectivity index (χ3n) is 4.60. The third-order valence-corrected chi connectivity index (χ3v) is 5.74. The molecule has 0 aliphatic carbocycles. The Balaban J connectivity index is 1.78. The van der Waals surface area contributed by atoms with Gasteiger partial charge in [0.2, 0.25) is 15.9 Å². The fraction of sp³-hybridized carbons (Fsp3) is 0.182. The Morgan fingerprint density at radius 2 is 1.76 bits per heavy atom. The standard InChI is InChI=1S/C22H20F3N3O5S/c1-34(31,32)28(16-7-4-6-15(12-16)22(23,24)25)14-20(29)27-19-10-3-2-9-18(19)21(30)26-13-17-8-5-11-33-17/h2-12H,13-14H2,1H3,(H,26,30)(H,27,29). The Morgan fingerprint density at radius 1 is 1.03 bits per heavy atom. The molecule has 0 aliphatic rings. The van der Waals surface area contributed by atoms with Crippen molar-refractivity contribution in [3.05, 3.63) is 83.8 Å². The summed E-state index contributed by atoms with van der Waals surface area (Å²) in [6, 6.07) is 13.0. The first-order chi connectivity index (χ1) is 15.9. The molecule has 3 rings (SSSR count). The van der Waals surface area contributed by atoms with Gasteiger partial charge in [-0.1, -0.05) is 18.2 Å². The Kier molecular flexibility index (Phi) is 7.30. The molecule has 0 unspecified atom stereocenters. The zero-order chi connectivity index (χ0) is 24.9. The van der Waals surface area contributed by atoms with E-state index in [0.717, 1.165) is 24.5 Å². The molecule has 12 heteroatoms. The number of sulfonamides is 1. The minimum Gasteiger partial charge on any atom is -0.467 e. The number of anilines is 2. The number of para-hydroxylation sites is 1. The van der Waals surface area contributed by atoms with Crippen molar-refractivity contribution in [3.63, 3.8) is 0 Å². The van der Waals surface area contributed by atoms with Crippen LogP contribution in [0.25, 0.3) is 0 Å². The van der Waals surface area contributed by atoms with Crippen LogP contribution >= 0.6 is 0 Å². The number of hydrogen-bond acceptors (Lipinski definition) is 5. The monoisotopic (exact) mass is 495 g/mol. The van der Waals surface area contributed by atoms with Crippen molar-refractivity contribution in [2.24, 2.45) is 0 Å². The summed E-state index contributed by atoms with van der Waals surface area (Å²) in [5.41, 5.74) is -1.18. The molecule has 0 radical (unpaired) electrons. The Morgan fingerprint density at radius 3 is 2.41 bits per heavy atom. The molecule has 0 saturated carbocycles. The number of carbonyl (C=O) groups excluding carboxylic acids is 2. The maximum Gasteiger partial charge on any atom is 0.416 e. The van der Waals surface area contributed by atoms with Crippen molar-refractivity contribution in [2.45, 2.75) is 12.7 Å². The number of benzene rings is 2. The van der Waals surface area contributed by atoms with Crippen molar-refractivity contribution in [2.75, 3.05) is 22.4 Å². The number of alkyl halides is 3. The second kappa shape index (κ2) is 10.00. The molecule has 8 nitrogen and oxygen atoms in total. The molecule has 0 saturated heterocycles. The minimum absolute atomic E-state index is 0.0990. The van der Waals surface area contributed by atoms with Crippen LogP contribution in [-0.4, -0.2) is 33.0 Å². The lowest BCUT2D eigenvalue weighted by Gasteiger charge is -2.23. The molecule has 0 fully saturated rings. The molecular weight excluding hydrogens is 475 g/mol. The van der Waals surface area contributed by atoms with Gasteiger partial charge < -0.3 is 15.1 Å². The van der Waals surface area contributed by atoms with Crippen LogP contribution in [0.2, 0.25) is 0 Å². The van der Waals surface area contributed by atoms with Crippen LogP contribution in [0.1, 0.15) is 21.7 Å². The van der Waals surface area contributed by atoms with E-state index in [0.29, 0.717) is 16.1 Å². The van der Waals surface area contributed by atoms with Gasteiger partial charge in [-0.2, -0.15) is 13.2 Å². The molecule has 1 aromatic heterocycles. The summed E-state index contributed by atoms with van der Waals surface area (Å²) < 4.78 is 69.4. The molecule has 0 atom stereocenters. The van der Waals surface area contributed by atoms with Crippen LogP contribution in [0.4, 0.5) is 24.5 Å². The topological polar surface area (TPSA) is 109 Å². The fourth-order valence-corrected chi connectivity index (χ4v) is 3.87. The third kappa shape index (κ3) is 6.38. The summed E-state index contributed by atoms with van der Waals surface area (Å²) in [5.74, 6) is -0.862. The number of nitrogens with zero attached hydrogens (tertiary/aromatic N) is 1. The first-order valence-electron chi connectivity index (χ1n) is 9.79. The van der Waals surface area contributed by atoms with E-state index >= 15 is 0 Å². The van der Waals surface area contributed by atoms with Crippen LogP contribution in [0, 0.1) is 0 Å². The van der Waals surface area contributed by atoms with E-state index in [1.165, 1.54) is 18.4 Å². The van der Waals surface area contributed by atoms with E-state index in [9.17, 15) is 31.2 Å². The first kappa shape index (κ1) is 24.8. The average molecular weight is 495 g/mol. The highest BCUT2D eigenvalue weighted by Crippen LogP contribution is 2.32. The second-order valence-corrected chi connectivity index (χ2v) is 9.08. The van der Waals surface area contributed by atoms with Gasteiger partial charge in [0.25, 0.3) is 5.91 Å².